The lowest BCUT2D eigenvalue weighted by atomic mass is 9.92. The number of nitrogens with zero attached hydrogens (tertiary/aromatic N) is 2. The van der Waals surface area contributed by atoms with Crippen LogP contribution < -0.4 is 15.5 Å². The summed E-state index contributed by atoms with van der Waals surface area (Å²) in [5, 5.41) is 10.1. The van der Waals surface area contributed by atoms with Gasteiger partial charge >= 0.3 is 0 Å². The molecule has 0 amide bonds. The molecule has 4 aliphatic rings. The number of aryl methyl sites for hydroxylation is 1. The van der Waals surface area contributed by atoms with Gasteiger partial charge in [0.1, 0.15) is 0 Å². The van der Waals surface area contributed by atoms with E-state index in [1.54, 1.807) is 0 Å². The summed E-state index contributed by atoms with van der Waals surface area (Å²) in [7, 11) is 0. The largest absolute Gasteiger partial charge is 0.310 e. The molecule has 0 atom stereocenters. The Morgan fingerprint density at radius 3 is 2.02 bits per heavy atom. The summed E-state index contributed by atoms with van der Waals surface area (Å²) in [6.45, 7) is 4.95. The van der Waals surface area contributed by atoms with Gasteiger partial charge in [-0.2, -0.15) is 0 Å². The first-order valence-corrected chi connectivity index (χ1v) is 22.5. The Kier molecular flexibility index (Phi) is 7.85. The minimum Gasteiger partial charge on any atom is -0.310 e. The first kappa shape index (κ1) is 35.3. The van der Waals surface area contributed by atoms with Crippen LogP contribution in [0.1, 0.15) is 22.4 Å². The second kappa shape index (κ2) is 13.8. The van der Waals surface area contributed by atoms with Gasteiger partial charge in [0.2, 0.25) is 0 Å². The van der Waals surface area contributed by atoms with Crippen LogP contribution in [0.4, 0.5) is 17.1 Å². The van der Waals surface area contributed by atoms with Gasteiger partial charge in [0.25, 0.3) is 0 Å². The lowest BCUT2D eigenvalue weighted by molar-refractivity contribution is 1.00. The summed E-state index contributed by atoms with van der Waals surface area (Å²) in [6.07, 6.45) is 14.5. The first-order valence-electron chi connectivity index (χ1n) is 21.7. The van der Waals surface area contributed by atoms with Crippen molar-refractivity contribution < 1.29 is 0 Å². The van der Waals surface area contributed by atoms with Crippen molar-refractivity contribution in [2.24, 2.45) is 0 Å². The Labute approximate surface area is 364 Å². The Bertz CT molecular complexity index is 3700. The van der Waals surface area contributed by atoms with Gasteiger partial charge in [-0.05, 0) is 140 Å². The van der Waals surface area contributed by atoms with Gasteiger partial charge in [-0.1, -0.05) is 140 Å². The van der Waals surface area contributed by atoms with Crippen molar-refractivity contribution >= 4 is 89.7 Å². The van der Waals surface area contributed by atoms with Crippen molar-refractivity contribution in [1.82, 2.24) is 4.57 Å². The number of hydrogen-bond donors (Lipinski definition) is 0. The van der Waals surface area contributed by atoms with Crippen molar-refractivity contribution in [2.75, 3.05) is 4.90 Å². The molecule has 0 N–H and O–H groups in total. The number of anilines is 3. The van der Waals surface area contributed by atoms with Crippen LogP contribution >= 0.6 is 11.3 Å². The minimum atomic E-state index is 0.854. The molecule has 0 spiro atoms. The fraction of sp³-hybridized carbons (Fsp3) is 0.0508. The average molecular weight is 809 g/mol. The molecule has 4 aliphatic carbocycles. The summed E-state index contributed by atoms with van der Waals surface area (Å²) >= 11 is 1.91. The second-order valence-electron chi connectivity index (χ2n) is 16.7. The molecule has 7 aromatic carbocycles. The molecule has 2 aromatic heterocycles. The van der Waals surface area contributed by atoms with E-state index in [9.17, 15) is 0 Å². The van der Waals surface area contributed by atoms with Gasteiger partial charge in [-0.3, -0.25) is 0 Å². The molecule has 13 rings (SSSR count). The highest BCUT2D eigenvalue weighted by Crippen LogP contribution is 2.50. The van der Waals surface area contributed by atoms with E-state index in [0.717, 1.165) is 41.7 Å². The predicted molar refractivity (Wildman–Crippen MR) is 266 cm³/mol. The van der Waals surface area contributed by atoms with E-state index < -0.39 is 0 Å². The molecule has 2 heterocycles. The molecular formula is C59H40N2S. The zero-order chi connectivity index (χ0) is 40.9. The zero-order valence-corrected chi connectivity index (χ0v) is 34.9. The van der Waals surface area contributed by atoms with Gasteiger partial charge in [0, 0.05) is 53.7 Å². The average Bonchev–Trinajstić information content (AvgIpc) is 3.95. The van der Waals surface area contributed by atoms with Gasteiger partial charge in [0.15, 0.2) is 0 Å². The fourth-order valence-corrected chi connectivity index (χ4v) is 12.0. The van der Waals surface area contributed by atoms with Crippen molar-refractivity contribution in [3.8, 4) is 39.1 Å². The molecule has 2 nitrogen and oxygen atoms in total. The molecule has 0 radical (unpaired) electrons. The molecular weight excluding hydrogens is 769 g/mol. The maximum atomic E-state index is 4.95. The molecule has 0 aliphatic heterocycles. The molecule has 292 valence electrons. The molecule has 62 heavy (non-hydrogen) atoms. The number of allylic oxidation sites excluding steroid dienone is 3. The van der Waals surface area contributed by atoms with E-state index in [1.165, 1.54) is 103 Å². The van der Waals surface area contributed by atoms with Crippen LogP contribution in [0.25, 0.3) is 100 Å². The summed E-state index contributed by atoms with van der Waals surface area (Å²) < 4.78 is 3.74. The van der Waals surface area contributed by atoms with Crippen LogP contribution in [0.5, 0.6) is 0 Å². The zero-order valence-electron chi connectivity index (χ0n) is 34.1. The molecule has 0 bridgehead atoms. The lowest BCUT2D eigenvalue weighted by Gasteiger charge is -2.27. The van der Waals surface area contributed by atoms with E-state index in [0.29, 0.717) is 0 Å². The fourth-order valence-electron chi connectivity index (χ4n) is 10.7. The van der Waals surface area contributed by atoms with Crippen molar-refractivity contribution in [1.29, 1.82) is 0 Å². The molecule has 9 aromatic rings. The van der Waals surface area contributed by atoms with Crippen LogP contribution in [0.15, 0.2) is 182 Å². The highest BCUT2D eigenvalue weighted by molar-refractivity contribution is 7.20. The van der Waals surface area contributed by atoms with Crippen molar-refractivity contribution in [3.05, 3.63) is 209 Å². The highest BCUT2D eigenvalue weighted by Gasteiger charge is 2.29. The number of rotatable bonds is 6. The van der Waals surface area contributed by atoms with Crippen LogP contribution in [0, 0.1) is 0 Å². The van der Waals surface area contributed by atoms with E-state index in [2.05, 4.69) is 204 Å². The molecule has 0 fully saturated rings. The van der Waals surface area contributed by atoms with Crippen LogP contribution in [-0.2, 0) is 12.8 Å². The van der Waals surface area contributed by atoms with Gasteiger partial charge < -0.3 is 9.47 Å². The van der Waals surface area contributed by atoms with Crippen LogP contribution in [0.2, 0.25) is 0 Å². The molecule has 0 unspecified atom stereocenters. The van der Waals surface area contributed by atoms with Gasteiger partial charge in [-0.25, -0.2) is 0 Å². The van der Waals surface area contributed by atoms with Crippen LogP contribution in [0.3, 0.4) is 0 Å². The van der Waals surface area contributed by atoms with E-state index in [4.69, 9.17) is 6.58 Å². The van der Waals surface area contributed by atoms with Gasteiger partial charge in [0.05, 0.1) is 11.2 Å². The summed E-state index contributed by atoms with van der Waals surface area (Å²) in [4.78, 5) is 3.84. The smallest absolute Gasteiger partial charge is 0.0551 e. The molecule has 3 heteroatoms. The summed E-state index contributed by atoms with van der Waals surface area (Å²) in [5.41, 5.74) is 16.2. The SMILES string of the molecule is C=c1c2c3c(c(-c4ccccc4)c4c5ccccc5c5ccc(c2c5-4)n1-c1ccc(N(c2ccc(-c4ccccc4)cc2)c2cccc4sc5c(c24)CCC=C5)cc1)=CC=CC3. The summed E-state index contributed by atoms with van der Waals surface area (Å²) in [5.74, 6) is 0. The van der Waals surface area contributed by atoms with Gasteiger partial charge in [-0.15, -0.1) is 11.3 Å². The monoisotopic (exact) mass is 808 g/mol. The summed E-state index contributed by atoms with van der Waals surface area (Å²) in [6, 6.07) is 60.4. The van der Waals surface area contributed by atoms with Crippen LogP contribution in [-0.4, -0.2) is 4.57 Å². The minimum absolute atomic E-state index is 0.854. The Hall–Kier alpha value is -7.46. The topological polar surface area (TPSA) is 8.17 Å². The Balaban J connectivity index is 1.03. The maximum absolute atomic E-state index is 4.95. The van der Waals surface area contributed by atoms with E-state index >= 15 is 0 Å². The van der Waals surface area contributed by atoms with Crippen molar-refractivity contribution in [3.63, 3.8) is 0 Å². The number of aromatic nitrogens is 1. The maximum Gasteiger partial charge on any atom is 0.0551 e. The Morgan fingerprint density at radius 1 is 0.532 bits per heavy atom. The normalized spacial score (nSPS) is 13.4. The van der Waals surface area contributed by atoms with E-state index in [1.807, 2.05) is 11.3 Å². The third-order valence-electron chi connectivity index (χ3n) is 13.4. The third kappa shape index (κ3) is 5.16. The third-order valence-corrected chi connectivity index (χ3v) is 14.6. The number of hydrogen-bond acceptors (Lipinski definition) is 2. The van der Waals surface area contributed by atoms with E-state index in [-0.39, 0.29) is 0 Å². The molecule has 0 saturated carbocycles. The predicted octanol–water partition coefficient (Wildman–Crippen LogP) is 14.8. The Morgan fingerprint density at radius 2 is 1.23 bits per heavy atom. The lowest BCUT2D eigenvalue weighted by Crippen LogP contribution is -2.18. The number of fused-ring (bicyclic) bond motifs is 8. The first-order chi connectivity index (χ1) is 30.7. The second-order valence-corrected chi connectivity index (χ2v) is 17.8. The quantitative estimate of drug-likeness (QED) is 0.162. The molecule has 0 saturated heterocycles. The van der Waals surface area contributed by atoms with Crippen molar-refractivity contribution in [2.45, 2.75) is 19.3 Å². The highest BCUT2D eigenvalue weighted by atomic mass is 32.1. The standard InChI is InChI=1S/C59H40N2S/c1-37-54-46-21-10-11-22-47(46)55(40-17-6-3-7-18-40)57-45-20-9-8-19-44(45)48-35-36-51(59(54)58(48)57)60(37)41-31-33-43(34-32-41)61(42-29-27-39(28-30-42)38-15-4-2-5-16-38)50-24-14-26-53-56(50)49-23-12-13-25-52(49)62-53/h2-11,13-20,22,24-36H,1,12,21,23H2. The number of thiophene rings is 1. The number of benzene rings is 7.